The van der Waals surface area contributed by atoms with Crippen molar-refractivity contribution in [2.75, 3.05) is 26.7 Å². The largest absolute Gasteiger partial charge is 0.434 e. The molecular weight excluding hydrogens is 318 g/mol. The zero-order valence-electron chi connectivity index (χ0n) is 13.8. The van der Waals surface area contributed by atoms with Crippen molar-refractivity contribution in [3.05, 3.63) is 29.1 Å². The maximum atomic E-state index is 12.5. The molecule has 1 aliphatic heterocycles. The molecule has 1 N–H and O–H groups in total. The number of aryl methyl sites for hydroxylation is 2. The van der Waals surface area contributed by atoms with Gasteiger partial charge < -0.3 is 14.6 Å². The molecular formula is C16H20F2N4O2. The van der Waals surface area contributed by atoms with E-state index in [1.165, 1.54) is 0 Å². The molecule has 6 nitrogen and oxygen atoms in total. The van der Waals surface area contributed by atoms with Crippen LogP contribution in [0.1, 0.15) is 23.0 Å². The third-order valence-electron chi connectivity index (χ3n) is 4.17. The average molecular weight is 338 g/mol. The van der Waals surface area contributed by atoms with Crippen LogP contribution >= 0.6 is 0 Å². The second kappa shape index (κ2) is 6.82. The van der Waals surface area contributed by atoms with Crippen LogP contribution in [0.25, 0.3) is 11.5 Å². The van der Waals surface area contributed by atoms with Gasteiger partial charge in [-0.1, -0.05) is 5.16 Å². The van der Waals surface area contributed by atoms with Gasteiger partial charge in [0.15, 0.2) is 5.82 Å². The van der Waals surface area contributed by atoms with Gasteiger partial charge in [0.25, 0.3) is 5.89 Å². The number of halogens is 2. The van der Waals surface area contributed by atoms with E-state index >= 15 is 0 Å². The molecule has 1 atom stereocenters. The molecule has 3 rings (SSSR count). The maximum absolute atomic E-state index is 12.5. The summed E-state index contributed by atoms with van der Waals surface area (Å²) < 4.78 is 34.9. The fourth-order valence-electron chi connectivity index (χ4n) is 2.93. The Labute approximate surface area is 138 Å². The number of piperazine rings is 1. The van der Waals surface area contributed by atoms with Gasteiger partial charge in [-0.05, 0) is 44.2 Å². The molecule has 0 spiro atoms. The molecule has 1 unspecified atom stereocenters. The highest BCUT2D eigenvalue weighted by molar-refractivity contribution is 5.60. The second-order valence-electron chi connectivity index (χ2n) is 5.98. The number of hydrogen-bond donors (Lipinski definition) is 1. The van der Waals surface area contributed by atoms with E-state index in [0.29, 0.717) is 28.4 Å². The van der Waals surface area contributed by atoms with E-state index in [0.717, 1.165) is 19.6 Å². The number of ether oxygens (including phenoxy) is 1. The van der Waals surface area contributed by atoms with Crippen molar-refractivity contribution in [2.45, 2.75) is 26.5 Å². The van der Waals surface area contributed by atoms with Crippen molar-refractivity contribution in [3.8, 4) is 17.2 Å². The number of aromatic nitrogens is 2. The topological polar surface area (TPSA) is 63.4 Å². The van der Waals surface area contributed by atoms with Gasteiger partial charge in [0, 0.05) is 25.2 Å². The van der Waals surface area contributed by atoms with Crippen LogP contribution in [0.2, 0.25) is 0 Å². The van der Waals surface area contributed by atoms with Crippen LogP contribution < -0.4 is 10.1 Å². The predicted molar refractivity (Wildman–Crippen MR) is 84.1 cm³/mol. The van der Waals surface area contributed by atoms with Gasteiger partial charge in [-0.15, -0.1) is 0 Å². The van der Waals surface area contributed by atoms with Gasteiger partial charge in [-0.3, -0.25) is 4.90 Å². The lowest BCUT2D eigenvalue weighted by molar-refractivity contribution is -0.0507. The number of alkyl halides is 2. The second-order valence-corrected chi connectivity index (χ2v) is 5.98. The minimum absolute atomic E-state index is 0.0554. The number of hydrogen-bond acceptors (Lipinski definition) is 6. The number of likely N-dealkylation sites (N-methyl/N-ethyl adjacent to an activating group) is 1. The van der Waals surface area contributed by atoms with Gasteiger partial charge >= 0.3 is 6.61 Å². The highest BCUT2D eigenvalue weighted by atomic mass is 19.3. The first kappa shape index (κ1) is 16.8. The van der Waals surface area contributed by atoms with Gasteiger partial charge in [0.1, 0.15) is 5.75 Å². The van der Waals surface area contributed by atoms with Gasteiger partial charge in [-0.25, -0.2) is 0 Å². The first-order valence-corrected chi connectivity index (χ1v) is 7.76. The van der Waals surface area contributed by atoms with Gasteiger partial charge in [0.05, 0.1) is 6.04 Å². The first-order valence-electron chi connectivity index (χ1n) is 7.76. The summed E-state index contributed by atoms with van der Waals surface area (Å²) in [5.41, 5.74) is 1.89. The third-order valence-corrected chi connectivity index (χ3v) is 4.17. The molecule has 0 bridgehead atoms. The standard InChI is InChI=1S/C16H20F2N4O2/c1-9-6-11(7-10(2)13(9)23-16(17)18)15-20-14(21-24-15)12-8-19-4-5-22(12)3/h6-7,12,16,19H,4-5,8H2,1-3H3. The Morgan fingerprint density at radius 1 is 1.33 bits per heavy atom. The van der Waals surface area contributed by atoms with Crippen LogP contribution in [0.3, 0.4) is 0 Å². The summed E-state index contributed by atoms with van der Waals surface area (Å²) in [6.45, 7) is 3.18. The highest BCUT2D eigenvalue weighted by Gasteiger charge is 2.25. The van der Waals surface area contributed by atoms with Crippen LogP contribution in [0, 0.1) is 13.8 Å². The molecule has 0 saturated carbocycles. The summed E-state index contributed by atoms with van der Waals surface area (Å²) in [5, 5.41) is 7.38. The SMILES string of the molecule is Cc1cc(-c2nc(C3CNCCN3C)no2)cc(C)c1OC(F)F. The summed E-state index contributed by atoms with van der Waals surface area (Å²) >= 11 is 0. The average Bonchev–Trinajstić information content (AvgIpc) is 3.00. The molecule has 1 saturated heterocycles. The lowest BCUT2D eigenvalue weighted by atomic mass is 10.1. The Balaban J connectivity index is 1.87. The third kappa shape index (κ3) is 3.39. The fourth-order valence-corrected chi connectivity index (χ4v) is 2.93. The molecule has 130 valence electrons. The molecule has 1 aromatic heterocycles. The van der Waals surface area contributed by atoms with Crippen LogP contribution in [-0.2, 0) is 0 Å². The van der Waals surface area contributed by atoms with Crippen LogP contribution in [0.4, 0.5) is 8.78 Å². The zero-order chi connectivity index (χ0) is 17.3. The van der Waals surface area contributed by atoms with E-state index in [4.69, 9.17) is 4.52 Å². The molecule has 2 aromatic rings. The van der Waals surface area contributed by atoms with E-state index in [9.17, 15) is 8.78 Å². The van der Waals surface area contributed by atoms with E-state index in [1.807, 2.05) is 7.05 Å². The number of benzene rings is 1. The summed E-state index contributed by atoms with van der Waals surface area (Å²) in [4.78, 5) is 6.65. The molecule has 8 heteroatoms. The number of nitrogens with zero attached hydrogens (tertiary/aromatic N) is 3. The lowest BCUT2D eigenvalue weighted by Gasteiger charge is -2.30. The van der Waals surface area contributed by atoms with Crippen LogP contribution in [0.5, 0.6) is 5.75 Å². The summed E-state index contributed by atoms with van der Waals surface area (Å²) in [7, 11) is 2.02. The van der Waals surface area contributed by atoms with Crippen molar-refractivity contribution in [3.63, 3.8) is 0 Å². The molecule has 0 amide bonds. The Morgan fingerprint density at radius 2 is 2.04 bits per heavy atom. The number of nitrogens with one attached hydrogen (secondary N) is 1. The van der Waals surface area contributed by atoms with E-state index in [2.05, 4.69) is 25.1 Å². The van der Waals surface area contributed by atoms with Crippen LogP contribution in [0.15, 0.2) is 16.7 Å². The van der Waals surface area contributed by atoms with Crippen LogP contribution in [-0.4, -0.2) is 48.3 Å². The van der Waals surface area contributed by atoms with E-state index < -0.39 is 6.61 Å². The Bertz CT molecular complexity index is 697. The Kier molecular flexibility index (Phi) is 4.77. The molecule has 1 fully saturated rings. The maximum Gasteiger partial charge on any atom is 0.387 e. The van der Waals surface area contributed by atoms with E-state index in [1.54, 1.807) is 26.0 Å². The molecule has 0 aliphatic carbocycles. The number of rotatable bonds is 4. The summed E-state index contributed by atoms with van der Waals surface area (Å²) in [6, 6.07) is 3.48. The monoisotopic (exact) mass is 338 g/mol. The quantitative estimate of drug-likeness (QED) is 0.924. The molecule has 0 radical (unpaired) electrons. The normalized spacial score (nSPS) is 19.0. The predicted octanol–water partition coefficient (Wildman–Crippen LogP) is 2.53. The minimum atomic E-state index is -2.85. The molecule has 24 heavy (non-hydrogen) atoms. The van der Waals surface area contributed by atoms with Crippen molar-refractivity contribution < 1.29 is 18.0 Å². The molecule has 1 aromatic carbocycles. The fraction of sp³-hybridized carbons (Fsp3) is 0.500. The first-order chi connectivity index (χ1) is 11.5. The van der Waals surface area contributed by atoms with Gasteiger partial charge in [0.2, 0.25) is 0 Å². The van der Waals surface area contributed by atoms with Crippen molar-refractivity contribution in [2.24, 2.45) is 0 Å². The Morgan fingerprint density at radius 3 is 2.67 bits per heavy atom. The minimum Gasteiger partial charge on any atom is -0.434 e. The highest BCUT2D eigenvalue weighted by Crippen LogP contribution is 2.31. The summed E-state index contributed by atoms with van der Waals surface area (Å²) in [5.74, 6) is 1.17. The summed E-state index contributed by atoms with van der Waals surface area (Å²) in [6.07, 6.45) is 0. The van der Waals surface area contributed by atoms with E-state index in [-0.39, 0.29) is 11.8 Å². The van der Waals surface area contributed by atoms with Gasteiger partial charge in [-0.2, -0.15) is 13.8 Å². The van der Waals surface area contributed by atoms with Crippen molar-refractivity contribution in [1.29, 1.82) is 0 Å². The van der Waals surface area contributed by atoms with Crippen molar-refractivity contribution >= 4 is 0 Å². The Hall–Kier alpha value is -2.06. The van der Waals surface area contributed by atoms with Crippen molar-refractivity contribution in [1.82, 2.24) is 20.4 Å². The smallest absolute Gasteiger partial charge is 0.387 e. The molecule has 2 heterocycles. The lowest BCUT2D eigenvalue weighted by Crippen LogP contribution is -2.44. The molecule has 1 aliphatic rings. The zero-order valence-corrected chi connectivity index (χ0v) is 13.8.